The molecule has 0 rings (SSSR count). The van der Waals surface area contributed by atoms with Crippen molar-refractivity contribution in [2.45, 2.75) is 0 Å². The van der Waals surface area contributed by atoms with Gasteiger partial charge in [-0.3, -0.25) is 0 Å². The zero-order valence-electron chi connectivity index (χ0n) is 4.64. The Morgan fingerprint density at radius 3 is 0.444 bits per heavy atom. The van der Waals surface area contributed by atoms with Gasteiger partial charge in [-0.2, -0.15) is 0 Å². The van der Waals surface area contributed by atoms with E-state index in [1.165, 1.54) is 0 Å². The Balaban J connectivity index is 0. The summed E-state index contributed by atoms with van der Waals surface area (Å²) in [7, 11) is 0. The van der Waals surface area contributed by atoms with Crippen LogP contribution in [0.2, 0.25) is 0 Å². The SMILES string of the molecule is Cl.Cl.[Cl-].[Cl-].[Cl-].[Cl-].[Na+].[Na+].[Pt+2]. The Kier molecular flexibility index (Phi) is 973. The third-order valence-corrected chi connectivity index (χ3v) is 0. The van der Waals surface area contributed by atoms with Crippen LogP contribution in [-0.4, -0.2) is 0 Å². The van der Waals surface area contributed by atoms with E-state index in [9.17, 15) is 0 Å². The second-order valence-electron chi connectivity index (χ2n) is 0. The summed E-state index contributed by atoms with van der Waals surface area (Å²) in [5, 5.41) is 0. The van der Waals surface area contributed by atoms with Crippen LogP contribution >= 0.6 is 24.8 Å². The van der Waals surface area contributed by atoms with Crippen LogP contribution in [0, 0.1) is 0 Å². The van der Waals surface area contributed by atoms with Crippen molar-refractivity contribution >= 4 is 24.8 Å². The van der Waals surface area contributed by atoms with Gasteiger partial charge in [0.05, 0.1) is 0 Å². The molecule has 0 bridgehead atoms. The fourth-order valence-electron chi connectivity index (χ4n) is 0. The molecule has 0 nitrogen and oxygen atoms in total. The van der Waals surface area contributed by atoms with Crippen LogP contribution in [0.5, 0.6) is 0 Å². The molecule has 0 unspecified atom stereocenters. The summed E-state index contributed by atoms with van der Waals surface area (Å²) < 4.78 is 0. The van der Waals surface area contributed by atoms with Crippen molar-refractivity contribution in [2.24, 2.45) is 0 Å². The first-order valence-corrected chi connectivity index (χ1v) is 0. The predicted molar refractivity (Wildman–Crippen MR) is 14.5 cm³/mol. The van der Waals surface area contributed by atoms with Gasteiger partial charge in [0, 0.05) is 0 Å². The van der Waals surface area contributed by atoms with Gasteiger partial charge in [-0.05, 0) is 0 Å². The van der Waals surface area contributed by atoms with Gasteiger partial charge in [-0.15, -0.1) is 24.8 Å². The maximum absolute atomic E-state index is 0. The van der Waals surface area contributed by atoms with Gasteiger partial charge in [-0.25, -0.2) is 0 Å². The third kappa shape index (κ3) is 68.9. The standard InChI is InChI=1S/6ClH.2Na.Pt/h6*1H;;;/q;;;;;;2*+1;+2/p-4. The number of halogens is 6. The fraction of sp³-hybridized carbons (Fsp3) is 0. The van der Waals surface area contributed by atoms with Gasteiger partial charge in [0.15, 0.2) is 0 Å². The molecule has 0 fully saturated rings. The van der Waals surface area contributed by atoms with Gasteiger partial charge in [0.25, 0.3) is 0 Å². The Bertz CT molecular complexity index is 11.0. The van der Waals surface area contributed by atoms with Crippen LogP contribution in [0.3, 0.4) is 0 Å². The Morgan fingerprint density at radius 1 is 0.444 bits per heavy atom. The van der Waals surface area contributed by atoms with Crippen molar-refractivity contribution in [2.75, 3.05) is 0 Å². The molecule has 0 aromatic carbocycles. The largest absolute Gasteiger partial charge is 2.00 e. The maximum Gasteiger partial charge on any atom is 2.00 e. The van der Waals surface area contributed by atoms with E-state index in [1.54, 1.807) is 0 Å². The van der Waals surface area contributed by atoms with E-state index in [0.29, 0.717) is 0 Å². The van der Waals surface area contributed by atoms with E-state index >= 15 is 0 Å². The minimum absolute atomic E-state index is 0. The summed E-state index contributed by atoms with van der Waals surface area (Å²) in [4.78, 5) is 0. The van der Waals surface area contributed by atoms with Crippen molar-refractivity contribution < 1.29 is 130 Å². The van der Waals surface area contributed by atoms with Gasteiger partial charge >= 0.3 is 80.2 Å². The summed E-state index contributed by atoms with van der Waals surface area (Å²) >= 11 is 0. The number of hydrogen-bond acceptors (Lipinski definition) is 0. The molecule has 9 heavy (non-hydrogen) atoms. The zero-order valence-corrected chi connectivity index (χ0v) is 15.6. The molecule has 0 saturated heterocycles. The molecule has 0 saturated carbocycles. The maximum atomic E-state index is 0. The van der Waals surface area contributed by atoms with Gasteiger partial charge in [-0.1, -0.05) is 0 Å². The van der Waals surface area contributed by atoms with Crippen molar-refractivity contribution in [1.29, 1.82) is 0 Å². The minimum Gasteiger partial charge on any atom is -1.00 e. The predicted octanol–water partition coefficient (Wildman–Crippen LogP) is -17.1. The van der Waals surface area contributed by atoms with Crippen LogP contribution < -0.4 is 109 Å². The average molecular weight is 456 g/mol. The Hall–Kier alpha value is 4.43. The van der Waals surface area contributed by atoms with Crippen molar-refractivity contribution in [1.82, 2.24) is 0 Å². The molecule has 0 aromatic heterocycles. The first-order chi connectivity index (χ1) is 0. The number of rotatable bonds is 0. The second-order valence-corrected chi connectivity index (χ2v) is 0. The molecule has 0 radical (unpaired) electrons. The van der Waals surface area contributed by atoms with E-state index < -0.39 is 0 Å². The summed E-state index contributed by atoms with van der Waals surface area (Å²) in [6.07, 6.45) is 0. The summed E-state index contributed by atoms with van der Waals surface area (Å²) in [5.41, 5.74) is 0. The first-order valence-electron chi connectivity index (χ1n) is 0. The molecule has 0 aliphatic rings. The quantitative estimate of drug-likeness (QED) is 0.318. The Morgan fingerprint density at radius 2 is 0.444 bits per heavy atom. The molecule has 0 N–H and O–H groups in total. The second kappa shape index (κ2) is 82.8. The topological polar surface area (TPSA) is 0 Å². The zero-order chi connectivity index (χ0) is 0. The van der Waals surface area contributed by atoms with Crippen LogP contribution in [0.25, 0.3) is 0 Å². The molecule has 0 aliphatic carbocycles. The minimum atomic E-state index is 0. The summed E-state index contributed by atoms with van der Waals surface area (Å²) in [6, 6.07) is 0. The van der Waals surface area contributed by atoms with Crippen LogP contribution in [0.1, 0.15) is 0 Å². The van der Waals surface area contributed by atoms with Crippen molar-refractivity contribution in [3.05, 3.63) is 0 Å². The van der Waals surface area contributed by atoms with Gasteiger partial charge in [0.2, 0.25) is 0 Å². The molecule has 9 heteroatoms. The normalized spacial score (nSPS) is 0. The van der Waals surface area contributed by atoms with E-state index in [1.807, 2.05) is 0 Å². The monoisotopic (exact) mass is 453 g/mol. The molecular weight excluding hydrogens is 454 g/mol. The summed E-state index contributed by atoms with van der Waals surface area (Å²) in [5.74, 6) is 0. The summed E-state index contributed by atoms with van der Waals surface area (Å²) in [6.45, 7) is 0. The van der Waals surface area contributed by atoms with Gasteiger partial charge in [0.1, 0.15) is 0 Å². The average Bonchev–Trinajstić information content (AvgIpc) is 0. The van der Waals surface area contributed by atoms with E-state index in [2.05, 4.69) is 0 Å². The van der Waals surface area contributed by atoms with E-state index in [0.717, 1.165) is 0 Å². The molecule has 0 atom stereocenters. The van der Waals surface area contributed by atoms with E-state index in [4.69, 9.17) is 0 Å². The van der Waals surface area contributed by atoms with Crippen LogP contribution in [0.15, 0.2) is 0 Å². The van der Waals surface area contributed by atoms with E-state index in [-0.39, 0.29) is 155 Å². The van der Waals surface area contributed by atoms with Gasteiger partial charge < -0.3 is 49.6 Å². The molecule has 0 aliphatic heterocycles. The smallest absolute Gasteiger partial charge is 1.00 e. The molecule has 0 amide bonds. The van der Waals surface area contributed by atoms with Crippen LogP contribution in [0.4, 0.5) is 0 Å². The molecule has 0 spiro atoms. The van der Waals surface area contributed by atoms with Crippen LogP contribution in [-0.2, 0) is 21.1 Å². The molecule has 56 valence electrons. The Labute approximate surface area is 152 Å². The fourth-order valence-corrected chi connectivity index (χ4v) is 0. The molecular formula is H2Cl6Na2Pt. The molecule has 0 aromatic rings. The number of hydrogen-bond donors (Lipinski definition) is 0. The molecule has 0 heterocycles. The van der Waals surface area contributed by atoms with Crippen molar-refractivity contribution in [3.63, 3.8) is 0 Å². The third-order valence-electron chi connectivity index (χ3n) is 0. The first kappa shape index (κ1) is 106. The van der Waals surface area contributed by atoms with Crippen molar-refractivity contribution in [3.8, 4) is 0 Å².